The highest BCUT2D eigenvalue weighted by molar-refractivity contribution is 6.62. The van der Waals surface area contributed by atoms with E-state index in [0.717, 1.165) is 11.0 Å². The maximum atomic E-state index is 10.0. The fourth-order valence-corrected chi connectivity index (χ4v) is 2.20. The van der Waals surface area contributed by atoms with Crippen LogP contribution in [0, 0.1) is 0 Å². The third kappa shape index (κ3) is 2.85. The van der Waals surface area contributed by atoms with Crippen molar-refractivity contribution in [1.29, 1.82) is 0 Å². The summed E-state index contributed by atoms with van der Waals surface area (Å²) >= 11 is 0. The maximum Gasteiger partial charge on any atom is 0.494 e. The lowest BCUT2D eigenvalue weighted by Gasteiger charge is -2.32. The molecule has 0 aliphatic carbocycles. The molecule has 1 aliphatic rings. The van der Waals surface area contributed by atoms with Gasteiger partial charge in [-0.25, -0.2) is 0 Å². The van der Waals surface area contributed by atoms with Crippen LogP contribution >= 0.6 is 0 Å². The third-order valence-corrected chi connectivity index (χ3v) is 4.15. The van der Waals surface area contributed by atoms with Crippen LogP contribution in [0.15, 0.2) is 18.2 Å². The highest BCUT2D eigenvalue weighted by Gasteiger charge is 2.51. The molecule has 0 spiro atoms. The molecule has 5 heteroatoms. The van der Waals surface area contributed by atoms with Gasteiger partial charge in [0.1, 0.15) is 5.75 Å². The van der Waals surface area contributed by atoms with Gasteiger partial charge in [0.25, 0.3) is 0 Å². The van der Waals surface area contributed by atoms with E-state index in [9.17, 15) is 10.2 Å². The van der Waals surface area contributed by atoms with Crippen LogP contribution in [0.1, 0.15) is 40.2 Å². The topological polar surface area (TPSA) is 58.9 Å². The third-order valence-electron chi connectivity index (χ3n) is 4.15. The van der Waals surface area contributed by atoms with Crippen molar-refractivity contribution < 1.29 is 19.5 Å². The van der Waals surface area contributed by atoms with Gasteiger partial charge in [0.05, 0.1) is 17.3 Å². The van der Waals surface area contributed by atoms with E-state index in [-0.39, 0.29) is 5.75 Å². The van der Waals surface area contributed by atoms with Gasteiger partial charge in [0.15, 0.2) is 0 Å². The largest absolute Gasteiger partial charge is 0.508 e. The van der Waals surface area contributed by atoms with E-state index in [1.165, 1.54) is 0 Å². The number of phenols is 1. The minimum absolute atomic E-state index is 0.165. The van der Waals surface area contributed by atoms with Gasteiger partial charge in [0.2, 0.25) is 0 Å². The summed E-state index contributed by atoms with van der Waals surface area (Å²) in [6.45, 7) is 9.67. The van der Waals surface area contributed by atoms with Gasteiger partial charge in [-0.2, -0.15) is 0 Å². The predicted octanol–water partition coefficient (Wildman–Crippen LogP) is 1.61. The van der Waals surface area contributed by atoms with Crippen LogP contribution < -0.4 is 5.46 Å². The maximum absolute atomic E-state index is 10.0. The van der Waals surface area contributed by atoms with Crippen molar-refractivity contribution in [1.82, 2.24) is 0 Å². The van der Waals surface area contributed by atoms with Crippen LogP contribution in [0.4, 0.5) is 0 Å². The fraction of sp³-hybridized carbons (Fsp3) is 0.600. The second kappa shape index (κ2) is 5.06. The van der Waals surface area contributed by atoms with Crippen molar-refractivity contribution in [2.45, 2.75) is 58.3 Å². The summed E-state index contributed by atoms with van der Waals surface area (Å²) in [7, 11) is -0.480. The molecular formula is C15H23BO4. The molecule has 2 N–H and O–H groups in total. The van der Waals surface area contributed by atoms with Gasteiger partial charge in [-0.3, -0.25) is 0 Å². The van der Waals surface area contributed by atoms with E-state index in [1.807, 2.05) is 39.8 Å². The first-order valence-electron chi connectivity index (χ1n) is 6.98. The number of rotatable bonds is 3. The molecule has 1 saturated heterocycles. The smallest absolute Gasteiger partial charge is 0.494 e. The van der Waals surface area contributed by atoms with Crippen LogP contribution in [0.5, 0.6) is 5.75 Å². The Balaban J connectivity index is 2.22. The van der Waals surface area contributed by atoms with E-state index in [1.54, 1.807) is 13.0 Å². The second-order valence-corrected chi connectivity index (χ2v) is 6.53. The molecule has 1 aliphatic heterocycles. The molecule has 1 aromatic carbocycles. The molecule has 1 fully saturated rings. The Bertz CT molecular complexity index is 481. The SMILES string of the molecule is CC(O)Cc1ccc(B2OC(C)(C)C(C)(C)O2)cc1O. The Morgan fingerprint density at radius 2 is 1.70 bits per heavy atom. The van der Waals surface area contributed by atoms with Gasteiger partial charge in [-0.05, 0) is 51.7 Å². The number of aliphatic hydroxyl groups is 1. The van der Waals surface area contributed by atoms with Gasteiger partial charge < -0.3 is 19.5 Å². The number of aliphatic hydroxyl groups excluding tert-OH is 1. The highest BCUT2D eigenvalue weighted by Crippen LogP contribution is 2.36. The number of hydrogen-bond acceptors (Lipinski definition) is 4. The number of benzene rings is 1. The Kier molecular flexibility index (Phi) is 3.89. The van der Waals surface area contributed by atoms with E-state index in [0.29, 0.717) is 6.42 Å². The molecule has 0 radical (unpaired) electrons. The van der Waals surface area contributed by atoms with Crippen LogP contribution in [-0.2, 0) is 15.7 Å². The number of phenolic OH excluding ortho intramolecular Hbond substituents is 1. The molecule has 0 aromatic heterocycles. The van der Waals surface area contributed by atoms with Crippen molar-refractivity contribution in [2.24, 2.45) is 0 Å². The summed E-state index contributed by atoms with van der Waals surface area (Å²) in [6.07, 6.45) is -0.0567. The molecule has 1 heterocycles. The molecule has 0 bridgehead atoms. The zero-order valence-corrected chi connectivity index (χ0v) is 12.8. The Morgan fingerprint density at radius 1 is 1.15 bits per heavy atom. The lowest BCUT2D eigenvalue weighted by Crippen LogP contribution is -2.41. The van der Waals surface area contributed by atoms with Crippen molar-refractivity contribution in [3.05, 3.63) is 23.8 Å². The van der Waals surface area contributed by atoms with E-state index in [4.69, 9.17) is 9.31 Å². The van der Waals surface area contributed by atoms with Crippen molar-refractivity contribution in [3.8, 4) is 5.75 Å². The number of aromatic hydroxyl groups is 1. The molecular weight excluding hydrogens is 255 g/mol. The average molecular weight is 278 g/mol. The molecule has 110 valence electrons. The molecule has 4 nitrogen and oxygen atoms in total. The van der Waals surface area contributed by atoms with Crippen LogP contribution in [-0.4, -0.2) is 34.6 Å². The summed E-state index contributed by atoms with van der Waals surface area (Å²) in [5.41, 5.74) is 0.715. The zero-order chi connectivity index (χ0) is 15.1. The quantitative estimate of drug-likeness (QED) is 0.825. The van der Waals surface area contributed by atoms with E-state index in [2.05, 4.69) is 0 Å². The summed E-state index contributed by atoms with van der Waals surface area (Å²) in [5, 5.41) is 19.4. The summed E-state index contributed by atoms with van der Waals surface area (Å²) in [4.78, 5) is 0. The molecule has 0 amide bonds. The van der Waals surface area contributed by atoms with Gasteiger partial charge in [0, 0.05) is 6.42 Å². The Hall–Kier alpha value is -1.04. The van der Waals surface area contributed by atoms with Crippen molar-refractivity contribution in [2.75, 3.05) is 0 Å². The van der Waals surface area contributed by atoms with E-state index >= 15 is 0 Å². The fourth-order valence-electron chi connectivity index (χ4n) is 2.20. The lowest BCUT2D eigenvalue weighted by molar-refractivity contribution is 0.00578. The molecule has 1 aromatic rings. The zero-order valence-electron chi connectivity index (χ0n) is 12.8. The first kappa shape index (κ1) is 15.4. The molecule has 20 heavy (non-hydrogen) atoms. The first-order chi connectivity index (χ1) is 9.12. The molecule has 0 saturated carbocycles. The minimum atomic E-state index is -0.483. The lowest BCUT2D eigenvalue weighted by atomic mass is 9.78. The monoisotopic (exact) mass is 278 g/mol. The van der Waals surface area contributed by atoms with Crippen LogP contribution in [0.25, 0.3) is 0 Å². The minimum Gasteiger partial charge on any atom is -0.508 e. The normalized spacial score (nSPS) is 22.0. The van der Waals surface area contributed by atoms with Gasteiger partial charge >= 0.3 is 7.12 Å². The van der Waals surface area contributed by atoms with Gasteiger partial charge in [-0.1, -0.05) is 12.1 Å². The van der Waals surface area contributed by atoms with Crippen LogP contribution in [0.3, 0.4) is 0 Å². The predicted molar refractivity (Wildman–Crippen MR) is 79.2 cm³/mol. The molecule has 2 rings (SSSR count). The van der Waals surface area contributed by atoms with Gasteiger partial charge in [-0.15, -0.1) is 0 Å². The van der Waals surface area contributed by atoms with Crippen LogP contribution in [0.2, 0.25) is 0 Å². The summed E-state index contributed by atoms with van der Waals surface area (Å²) < 4.78 is 11.9. The van der Waals surface area contributed by atoms with Crippen molar-refractivity contribution >= 4 is 12.6 Å². The average Bonchev–Trinajstić information content (AvgIpc) is 2.50. The number of hydrogen-bond donors (Lipinski definition) is 2. The summed E-state index contributed by atoms with van der Waals surface area (Å²) in [6, 6.07) is 5.34. The second-order valence-electron chi connectivity index (χ2n) is 6.53. The van der Waals surface area contributed by atoms with Crippen molar-refractivity contribution in [3.63, 3.8) is 0 Å². The molecule has 1 atom stereocenters. The Morgan fingerprint density at radius 3 is 2.15 bits per heavy atom. The standard InChI is InChI=1S/C15H23BO4/c1-10(17)8-11-6-7-12(9-13(11)18)16-19-14(2,3)15(4,5)20-16/h6-7,9-10,17-18H,8H2,1-5H3. The Labute approximate surface area is 120 Å². The first-order valence-corrected chi connectivity index (χ1v) is 6.98. The van der Waals surface area contributed by atoms with E-state index < -0.39 is 24.4 Å². The summed E-state index contributed by atoms with van der Waals surface area (Å²) in [5.74, 6) is 0.165. The molecule has 1 unspecified atom stereocenters. The highest BCUT2D eigenvalue weighted by atomic mass is 16.7.